The number of nitrogen functional groups attached to an aromatic ring is 1. The van der Waals surface area contributed by atoms with Gasteiger partial charge in [0.1, 0.15) is 6.10 Å². The normalized spacial score (nSPS) is 23.0. The van der Waals surface area contributed by atoms with Crippen LogP contribution in [-0.4, -0.2) is 31.6 Å². The van der Waals surface area contributed by atoms with E-state index in [0.717, 1.165) is 24.4 Å². The molecule has 0 fully saturated rings. The second-order valence-electron chi connectivity index (χ2n) is 7.80. The van der Waals surface area contributed by atoms with Crippen LogP contribution in [0.25, 0.3) is 0 Å². The first kappa shape index (κ1) is 19.5. The zero-order chi connectivity index (χ0) is 18.7. The van der Waals surface area contributed by atoms with Gasteiger partial charge in [-0.1, -0.05) is 26.8 Å². The fourth-order valence-corrected chi connectivity index (χ4v) is 5.87. The number of nitrogens with two attached hydrogens (primary N) is 2. The van der Waals surface area contributed by atoms with E-state index in [1.165, 1.54) is 0 Å². The number of anilines is 1. The van der Waals surface area contributed by atoms with Crippen molar-refractivity contribution in [3.05, 3.63) is 36.2 Å². The average Bonchev–Trinajstić information content (AvgIpc) is 2.50. The third-order valence-corrected chi connectivity index (χ3v) is 10.1. The van der Waals surface area contributed by atoms with Crippen molar-refractivity contribution in [3.63, 3.8) is 0 Å². The zero-order valence-electron chi connectivity index (χ0n) is 15.5. The van der Waals surface area contributed by atoms with Crippen molar-refractivity contribution in [2.24, 2.45) is 5.73 Å². The summed E-state index contributed by atoms with van der Waals surface area (Å²) in [4.78, 5) is 15.3. The van der Waals surface area contributed by atoms with Crippen LogP contribution >= 0.6 is 0 Å². The minimum Gasteiger partial charge on any atom is -0.439 e. The van der Waals surface area contributed by atoms with Gasteiger partial charge in [-0.25, -0.2) is 4.79 Å². The summed E-state index contributed by atoms with van der Waals surface area (Å²) in [5.74, 6) is 0. The van der Waals surface area contributed by atoms with E-state index >= 15 is 0 Å². The highest BCUT2D eigenvalue weighted by Gasteiger charge is 2.45. The van der Waals surface area contributed by atoms with Gasteiger partial charge in [-0.15, -0.1) is 0 Å². The molecule has 3 unspecified atom stereocenters. The topological polar surface area (TPSA) is 100 Å². The minimum atomic E-state index is -2.28. The van der Waals surface area contributed by atoms with Crippen LogP contribution in [0.4, 0.5) is 10.5 Å². The van der Waals surface area contributed by atoms with E-state index in [0.29, 0.717) is 5.69 Å². The van der Waals surface area contributed by atoms with Gasteiger partial charge >= 0.3 is 6.09 Å². The number of rotatable bonds is 5. The van der Waals surface area contributed by atoms with Crippen molar-refractivity contribution >= 4 is 20.1 Å². The lowest BCUT2D eigenvalue weighted by atomic mass is 10.0. The van der Waals surface area contributed by atoms with Crippen LogP contribution in [0, 0.1) is 0 Å². The molecule has 1 aromatic rings. The molecular weight excluding hydrogens is 334 g/mol. The molecule has 0 saturated heterocycles. The Labute approximate surface area is 150 Å². The highest BCUT2D eigenvalue weighted by molar-refractivity contribution is 6.75. The van der Waals surface area contributed by atoms with E-state index in [-0.39, 0.29) is 11.1 Å². The summed E-state index contributed by atoms with van der Waals surface area (Å²) in [6.07, 6.45) is 7.62. The molecule has 1 aromatic heterocycles. The molecule has 2 rings (SSSR count). The number of hydrogen-bond donors (Lipinski definition) is 2. The van der Waals surface area contributed by atoms with Crippen LogP contribution < -0.4 is 11.5 Å². The first-order valence-corrected chi connectivity index (χ1v) is 11.2. The maximum atomic E-state index is 11.2. The Kier molecular flexibility index (Phi) is 5.90. The molecule has 0 aliphatic heterocycles. The third kappa shape index (κ3) is 4.82. The zero-order valence-corrected chi connectivity index (χ0v) is 16.5. The summed E-state index contributed by atoms with van der Waals surface area (Å²) in [5.41, 5.74) is 13.1. The van der Waals surface area contributed by atoms with Gasteiger partial charge in [-0.2, -0.15) is 0 Å². The number of amides is 1. The molecule has 4 N–H and O–H groups in total. The molecule has 0 bridgehead atoms. The van der Waals surface area contributed by atoms with Crippen molar-refractivity contribution in [2.45, 2.75) is 63.5 Å². The van der Waals surface area contributed by atoms with Crippen LogP contribution in [0.1, 0.15) is 39.2 Å². The van der Waals surface area contributed by atoms with Crippen molar-refractivity contribution in [1.82, 2.24) is 4.98 Å². The third-order valence-electron chi connectivity index (χ3n) is 5.03. The molecule has 1 heterocycles. The van der Waals surface area contributed by atoms with Gasteiger partial charge < -0.3 is 20.6 Å². The molecule has 1 aliphatic carbocycles. The maximum Gasteiger partial charge on any atom is 0.405 e. The molecule has 6 nitrogen and oxygen atoms in total. The van der Waals surface area contributed by atoms with Crippen LogP contribution in [0.3, 0.4) is 0 Å². The standard InChI is InChI=1S/C18H29N3O3Si/c1-18(2,3)25(4,12-13-9-10-21-11-14(13)19)24-16-8-6-5-7-15(16)23-17(20)22/h5,7,9-11,15-16H,6,8,12,19H2,1-4H3,(H2,20,22). The Morgan fingerprint density at radius 3 is 2.76 bits per heavy atom. The summed E-state index contributed by atoms with van der Waals surface area (Å²) in [7, 11) is -2.28. The number of pyridine rings is 1. The molecular formula is C18H29N3O3Si. The van der Waals surface area contributed by atoms with Gasteiger partial charge in [-0.3, -0.25) is 4.98 Å². The largest absolute Gasteiger partial charge is 0.439 e. The monoisotopic (exact) mass is 363 g/mol. The lowest BCUT2D eigenvalue weighted by Crippen LogP contribution is -2.52. The van der Waals surface area contributed by atoms with Gasteiger partial charge in [0.2, 0.25) is 0 Å². The number of allylic oxidation sites excluding steroid dienone is 1. The van der Waals surface area contributed by atoms with Crippen LogP contribution in [-0.2, 0) is 15.2 Å². The van der Waals surface area contributed by atoms with Crippen LogP contribution in [0.15, 0.2) is 30.6 Å². The molecule has 138 valence electrons. The molecule has 7 heteroatoms. The van der Waals surface area contributed by atoms with E-state index in [1.807, 2.05) is 18.2 Å². The number of aromatic nitrogens is 1. The Hall–Kier alpha value is -1.86. The van der Waals surface area contributed by atoms with Gasteiger partial charge in [-0.05, 0) is 48.2 Å². The minimum absolute atomic E-state index is 0.0266. The lowest BCUT2D eigenvalue weighted by Gasteiger charge is -2.44. The second kappa shape index (κ2) is 7.57. The molecule has 0 saturated carbocycles. The summed E-state index contributed by atoms with van der Waals surface area (Å²) in [6.45, 7) is 8.80. The van der Waals surface area contributed by atoms with Gasteiger partial charge in [0.05, 0.1) is 11.8 Å². The summed E-state index contributed by atoms with van der Waals surface area (Å²) in [5, 5.41) is -0.0266. The van der Waals surface area contributed by atoms with Crippen LogP contribution in [0.2, 0.25) is 11.6 Å². The Morgan fingerprint density at radius 2 is 2.16 bits per heavy atom. The number of carbonyl (C=O) groups excluding carboxylic acids is 1. The number of primary amides is 1. The maximum absolute atomic E-state index is 11.2. The van der Waals surface area contributed by atoms with Gasteiger partial charge in [0.25, 0.3) is 0 Å². The van der Waals surface area contributed by atoms with Crippen molar-refractivity contribution in [1.29, 1.82) is 0 Å². The number of carbonyl (C=O) groups is 1. The van der Waals surface area contributed by atoms with Crippen LogP contribution in [0.5, 0.6) is 0 Å². The highest BCUT2D eigenvalue weighted by Crippen LogP contribution is 2.41. The fraction of sp³-hybridized carbons (Fsp3) is 0.556. The number of nitrogens with zero attached hydrogens (tertiary/aromatic N) is 1. The first-order chi connectivity index (χ1) is 11.6. The fourth-order valence-electron chi connectivity index (χ4n) is 2.93. The molecule has 3 atom stereocenters. The summed E-state index contributed by atoms with van der Waals surface area (Å²) in [6, 6.07) is 2.72. The molecule has 25 heavy (non-hydrogen) atoms. The van der Waals surface area contributed by atoms with E-state index in [4.69, 9.17) is 20.6 Å². The van der Waals surface area contributed by atoms with Gasteiger partial charge in [0.15, 0.2) is 8.32 Å². The second-order valence-corrected chi connectivity index (χ2v) is 12.3. The SMILES string of the molecule is CC(C)(C)[Si](C)(Cc1ccncc1N)OC1CCC=CC1OC(N)=O. The predicted molar refractivity (Wildman–Crippen MR) is 101 cm³/mol. The average molecular weight is 364 g/mol. The molecule has 1 aliphatic rings. The Balaban J connectivity index is 2.26. The number of ether oxygens (including phenoxy) is 1. The molecule has 0 spiro atoms. The van der Waals surface area contributed by atoms with E-state index < -0.39 is 20.5 Å². The molecule has 0 aromatic carbocycles. The highest BCUT2D eigenvalue weighted by atomic mass is 28.4. The van der Waals surface area contributed by atoms with E-state index in [2.05, 4.69) is 32.3 Å². The predicted octanol–water partition coefficient (Wildman–Crippen LogP) is 3.32. The smallest absolute Gasteiger partial charge is 0.405 e. The van der Waals surface area contributed by atoms with E-state index in [1.54, 1.807) is 12.4 Å². The Bertz CT molecular complexity index is 645. The summed E-state index contributed by atoms with van der Waals surface area (Å²) >= 11 is 0. The lowest BCUT2D eigenvalue weighted by molar-refractivity contribution is 0.0296. The number of hydrogen-bond acceptors (Lipinski definition) is 5. The van der Waals surface area contributed by atoms with E-state index in [9.17, 15) is 4.79 Å². The first-order valence-electron chi connectivity index (χ1n) is 8.61. The quantitative estimate of drug-likeness (QED) is 0.617. The molecule has 0 radical (unpaired) electrons. The Morgan fingerprint density at radius 1 is 1.44 bits per heavy atom. The molecule has 1 amide bonds. The summed E-state index contributed by atoms with van der Waals surface area (Å²) < 4.78 is 11.9. The van der Waals surface area contributed by atoms with Gasteiger partial charge in [0, 0.05) is 12.4 Å². The van der Waals surface area contributed by atoms with Crippen molar-refractivity contribution in [3.8, 4) is 0 Å². The van der Waals surface area contributed by atoms with Crippen molar-refractivity contribution < 1.29 is 14.0 Å². The van der Waals surface area contributed by atoms with Crippen molar-refractivity contribution in [2.75, 3.05) is 5.73 Å².